The second kappa shape index (κ2) is 10.7. The molecular weight excluding hydrogens is 533 g/mol. The van der Waals surface area contributed by atoms with Gasteiger partial charge in [-0.25, -0.2) is 17.8 Å². The van der Waals surface area contributed by atoms with Gasteiger partial charge in [0, 0.05) is 50.9 Å². The largest absolute Gasteiger partial charge is 0.378 e. The van der Waals surface area contributed by atoms with Crippen molar-refractivity contribution in [3.05, 3.63) is 65.6 Å². The van der Waals surface area contributed by atoms with Gasteiger partial charge in [-0.15, -0.1) is 0 Å². The Morgan fingerprint density at radius 2 is 1.82 bits per heavy atom. The van der Waals surface area contributed by atoms with Gasteiger partial charge in [0.2, 0.25) is 16.0 Å². The molecule has 3 aromatic rings. The molecule has 3 heterocycles. The lowest BCUT2D eigenvalue weighted by Gasteiger charge is -2.43. The maximum atomic E-state index is 15.2. The van der Waals surface area contributed by atoms with E-state index in [-0.39, 0.29) is 5.82 Å². The zero-order chi connectivity index (χ0) is 27.9. The van der Waals surface area contributed by atoms with Crippen LogP contribution in [0.2, 0.25) is 0 Å². The number of benzene rings is 2. The number of hydrogen-bond donors (Lipinski definition) is 2. The maximum absolute atomic E-state index is 15.2. The minimum atomic E-state index is -3.46. The van der Waals surface area contributed by atoms with E-state index >= 15 is 4.39 Å². The van der Waals surface area contributed by atoms with Crippen LogP contribution in [0.15, 0.2) is 48.5 Å². The van der Waals surface area contributed by atoms with Crippen molar-refractivity contribution in [1.82, 2.24) is 14.9 Å². The van der Waals surface area contributed by atoms with Gasteiger partial charge in [0.15, 0.2) is 0 Å². The number of fused-ring (bicyclic) bond motifs is 1. The van der Waals surface area contributed by atoms with E-state index in [1.807, 2.05) is 24.3 Å². The van der Waals surface area contributed by atoms with Crippen LogP contribution in [0, 0.1) is 5.82 Å². The Labute approximate surface area is 233 Å². The van der Waals surface area contributed by atoms with Crippen molar-refractivity contribution in [1.29, 1.82) is 0 Å². The number of allylic oxidation sites excluding steroid dienone is 1. The summed E-state index contributed by atoms with van der Waals surface area (Å²) in [6, 6.07) is 12.7. The molecule has 0 unspecified atom stereocenters. The summed E-state index contributed by atoms with van der Waals surface area (Å²) in [5, 5.41) is 6.45. The Hall–Kier alpha value is -3.74. The molecule has 10 nitrogen and oxygen atoms in total. The lowest BCUT2D eigenvalue weighted by molar-refractivity contribution is -0.0660. The average Bonchev–Trinajstić information content (AvgIpc) is 3.37. The van der Waals surface area contributed by atoms with E-state index in [2.05, 4.69) is 30.4 Å². The lowest BCUT2D eigenvalue weighted by atomic mass is 10.1. The van der Waals surface area contributed by atoms with Gasteiger partial charge >= 0.3 is 0 Å². The second-order valence-electron chi connectivity index (χ2n) is 10.2. The van der Waals surface area contributed by atoms with Crippen LogP contribution in [-0.2, 0) is 21.2 Å². The van der Waals surface area contributed by atoms with Crippen molar-refractivity contribution in [2.45, 2.75) is 12.5 Å². The first-order valence-corrected chi connectivity index (χ1v) is 15.1. The van der Waals surface area contributed by atoms with Gasteiger partial charge < -0.3 is 20.3 Å². The number of piperazine rings is 1. The summed E-state index contributed by atoms with van der Waals surface area (Å²) in [5.74, 6) is 0.550. The van der Waals surface area contributed by atoms with E-state index in [1.54, 1.807) is 24.3 Å². The molecule has 0 bridgehead atoms. The van der Waals surface area contributed by atoms with Crippen molar-refractivity contribution in [2.75, 3.05) is 72.5 Å². The predicted molar refractivity (Wildman–Crippen MR) is 156 cm³/mol. The van der Waals surface area contributed by atoms with E-state index in [9.17, 15) is 8.42 Å². The van der Waals surface area contributed by atoms with E-state index < -0.39 is 10.0 Å². The van der Waals surface area contributed by atoms with Crippen LogP contribution >= 0.6 is 0 Å². The van der Waals surface area contributed by atoms with E-state index in [1.165, 1.54) is 17.4 Å². The molecule has 1 aromatic heterocycles. The number of aromatic nitrogens is 2. The number of halogens is 1. The third kappa shape index (κ3) is 5.34. The fourth-order valence-corrected chi connectivity index (χ4v) is 5.70. The first-order valence-electron chi connectivity index (χ1n) is 13.3. The van der Waals surface area contributed by atoms with Gasteiger partial charge in [-0.05, 0) is 30.3 Å². The van der Waals surface area contributed by atoms with Crippen LogP contribution in [0.1, 0.15) is 11.3 Å². The average molecular weight is 566 g/mol. The van der Waals surface area contributed by atoms with E-state index in [4.69, 9.17) is 4.74 Å². The van der Waals surface area contributed by atoms with Crippen LogP contribution in [0.5, 0.6) is 0 Å². The number of hydrogen-bond acceptors (Lipinski definition) is 9. The first kappa shape index (κ1) is 26.5. The van der Waals surface area contributed by atoms with Crippen molar-refractivity contribution >= 4 is 50.6 Å². The zero-order valence-electron chi connectivity index (χ0n) is 22.5. The molecule has 2 saturated heterocycles. The summed E-state index contributed by atoms with van der Waals surface area (Å²) >= 11 is 0. The number of nitrogens with one attached hydrogen (secondary N) is 2. The highest BCUT2D eigenvalue weighted by atomic mass is 32.2. The zero-order valence-corrected chi connectivity index (χ0v) is 23.3. The summed E-state index contributed by atoms with van der Waals surface area (Å²) in [6.45, 7) is 4.90. The Kier molecular flexibility index (Phi) is 7.07. The normalized spacial score (nSPS) is 17.4. The van der Waals surface area contributed by atoms with Crippen LogP contribution in [0.3, 0.4) is 0 Å². The van der Waals surface area contributed by atoms with Gasteiger partial charge in [0.1, 0.15) is 11.6 Å². The Morgan fingerprint density at radius 3 is 2.52 bits per heavy atom. The third-order valence-electron chi connectivity index (χ3n) is 7.61. The molecule has 0 atom stereocenters. The van der Waals surface area contributed by atoms with Crippen LogP contribution in [0.25, 0.3) is 6.08 Å². The monoisotopic (exact) mass is 565 g/mol. The molecule has 2 fully saturated rings. The molecule has 12 heteroatoms. The number of nitrogens with zero attached hydrogens (tertiary/aromatic N) is 5. The summed E-state index contributed by atoms with van der Waals surface area (Å²) in [7, 11) is -1.96. The smallest absolute Gasteiger partial charge is 0.232 e. The number of rotatable bonds is 8. The van der Waals surface area contributed by atoms with Crippen molar-refractivity contribution in [2.24, 2.45) is 0 Å². The van der Waals surface area contributed by atoms with Gasteiger partial charge in [-0.3, -0.25) is 9.21 Å². The molecule has 0 amide bonds. The highest BCUT2D eigenvalue weighted by Crippen LogP contribution is 2.34. The summed E-state index contributed by atoms with van der Waals surface area (Å²) < 4.78 is 46.2. The quantitative estimate of drug-likeness (QED) is 0.424. The van der Waals surface area contributed by atoms with E-state index in [0.29, 0.717) is 47.0 Å². The molecule has 0 radical (unpaired) electrons. The molecule has 1 aliphatic carbocycles. The molecule has 2 aromatic carbocycles. The van der Waals surface area contributed by atoms with Gasteiger partial charge in [-0.2, -0.15) is 4.98 Å². The number of ether oxygens (including phenoxy) is 1. The fraction of sp³-hybridized carbons (Fsp3) is 0.357. The molecule has 0 spiro atoms. The summed E-state index contributed by atoms with van der Waals surface area (Å²) in [4.78, 5) is 13.8. The molecule has 3 aliphatic rings. The molecule has 6 rings (SSSR count). The van der Waals surface area contributed by atoms with Gasteiger partial charge in [-0.1, -0.05) is 24.3 Å². The van der Waals surface area contributed by atoms with Crippen molar-refractivity contribution in [3.8, 4) is 0 Å². The first-order chi connectivity index (χ1) is 19.3. The maximum Gasteiger partial charge on any atom is 0.232 e. The predicted octanol–water partition coefficient (Wildman–Crippen LogP) is 3.59. The Bertz CT molecular complexity index is 1550. The molecule has 0 saturated carbocycles. The summed E-state index contributed by atoms with van der Waals surface area (Å²) in [5.41, 5.74) is 3.86. The topological polar surface area (TPSA) is 103 Å². The standard InChI is InChI=1S/C28H32FN7O3S/c1-34(40(2,37)38)26-9-4-3-7-24(26)31-27-21-6-5-8-23(21)32-28(33-27)30-19-10-11-25(22(29)16-19)36-14-12-35(13-15-36)20-17-39-18-20/h3-7,9-11,16,20H,8,12-15,17-18H2,1-2H3,(H2,30,31,32,33). The van der Waals surface area contributed by atoms with Crippen LogP contribution < -0.4 is 19.8 Å². The lowest BCUT2D eigenvalue weighted by Crippen LogP contribution is -2.56. The van der Waals surface area contributed by atoms with Gasteiger partial charge in [0.25, 0.3) is 0 Å². The fourth-order valence-electron chi connectivity index (χ4n) is 5.18. The van der Waals surface area contributed by atoms with Crippen molar-refractivity contribution < 1.29 is 17.5 Å². The number of sulfonamides is 1. The minimum absolute atomic E-state index is 0.302. The molecular formula is C28H32FN7O3S. The molecule has 40 heavy (non-hydrogen) atoms. The molecule has 2 aliphatic heterocycles. The van der Waals surface area contributed by atoms with Crippen LogP contribution in [-0.4, -0.2) is 82.0 Å². The molecule has 210 valence electrons. The summed E-state index contributed by atoms with van der Waals surface area (Å²) in [6.07, 6.45) is 5.73. The SMILES string of the molecule is CN(c1ccccc1Nc1nc(Nc2ccc(N3CCN(C4COC4)CC3)c(F)c2)nc2c1C=CC2)S(C)(=O)=O. The van der Waals surface area contributed by atoms with Gasteiger partial charge in [0.05, 0.1) is 48.3 Å². The van der Waals surface area contributed by atoms with E-state index in [0.717, 1.165) is 56.9 Å². The minimum Gasteiger partial charge on any atom is -0.378 e. The highest BCUT2D eigenvalue weighted by molar-refractivity contribution is 7.92. The highest BCUT2D eigenvalue weighted by Gasteiger charge is 2.29. The Morgan fingerprint density at radius 1 is 1.05 bits per heavy atom. The second-order valence-corrected chi connectivity index (χ2v) is 12.3. The van der Waals surface area contributed by atoms with Crippen molar-refractivity contribution in [3.63, 3.8) is 0 Å². The Balaban J connectivity index is 1.21. The number of para-hydroxylation sites is 2. The number of anilines is 6. The van der Waals surface area contributed by atoms with Crippen LogP contribution in [0.4, 0.5) is 38.9 Å². The molecule has 2 N–H and O–H groups in total. The third-order valence-corrected chi connectivity index (χ3v) is 8.80.